The normalized spacial score (nSPS) is 21.9. The van der Waals surface area contributed by atoms with E-state index in [1.807, 2.05) is 24.3 Å². The van der Waals surface area contributed by atoms with Gasteiger partial charge in [-0.1, -0.05) is 30.3 Å². The molecule has 80 valence electrons. The molecule has 2 rings (SSSR count). The first kappa shape index (κ1) is 10.2. The van der Waals surface area contributed by atoms with Gasteiger partial charge in [0.2, 0.25) is 5.60 Å². The van der Waals surface area contributed by atoms with Crippen molar-refractivity contribution in [2.24, 2.45) is 0 Å². The number of fused-ring (bicyclic) bond motifs is 1. The maximum atomic E-state index is 11.1. The maximum Gasteiger partial charge on any atom is 0.353 e. The number of rotatable bonds is 2. The Kier molecular flexibility index (Phi) is 2.37. The van der Waals surface area contributed by atoms with Gasteiger partial charge >= 0.3 is 5.97 Å². The van der Waals surface area contributed by atoms with Crippen LogP contribution in [0, 0.1) is 11.5 Å². The summed E-state index contributed by atoms with van der Waals surface area (Å²) in [6.45, 7) is 0. The molecule has 0 bridgehead atoms. The van der Waals surface area contributed by atoms with E-state index in [1.54, 1.807) is 6.08 Å². The Hall–Kier alpha value is -2.28. The van der Waals surface area contributed by atoms with Crippen LogP contribution in [-0.4, -0.2) is 16.7 Å². The number of carbonyl (C=O) groups is 1. The molecule has 4 heteroatoms. The van der Waals surface area contributed by atoms with E-state index in [4.69, 9.17) is 15.1 Å². The Morgan fingerprint density at radius 2 is 2.25 bits per heavy atom. The first-order valence-corrected chi connectivity index (χ1v) is 4.75. The predicted molar refractivity (Wildman–Crippen MR) is 56.2 cm³/mol. The molecule has 16 heavy (non-hydrogen) atoms. The number of nitrogens with zero attached hydrogens (tertiary/aromatic N) is 1. The SMILES string of the molecule is N#COC1(C(=O)O)C=Cc2ccccc2C1. The Morgan fingerprint density at radius 1 is 1.50 bits per heavy atom. The van der Waals surface area contributed by atoms with Gasteiger partial charge in [-0.05, 0) is 17.2 Å². The number of ether oxygens (including phenoxy) is 1. The molecule has 1 unspecified atom stereocenters. The van der Waals surface area contributed by atoms with Crippen LogP contribution in [0.2, 0.25) is 0 Å². The van der Waals surface area contributed by atoms with Crippen molar-refractivity contribution < 1.29 is 14.6 Å². The van der Waals surface area contributed by atoms with Crippen molar-refractivity contribution in [1.29, 1.82) is 5.26 Å². The van der Waals surface area contributed by atoms with E-state index in [0.717, 1.165) is 11.1 Å². The summed E-state index contributed by atoms with van der Waals surface area (Å²) in [5, 5.41) is 17.6. The molecule has 1 N–H and O–H groups in total. The quantitative estimate of drug-likeness (QED) is 0.760. The van der Waals surface area contributed by atoms with Gasteiger partial charge in [-0.3, -0.25) is 0 Å². The highest BCUT2D eigenvalue weighted by Gasteiger charge is 2.41. The third kappa shape index (κ3) is 1.52. The molecule has 1 aliphatic rings. The van der Waals surface area contributed by atoms with Crippen LogP contribution < -0.4 is 0 Å². The summed E-state index contributed by atoms with van der Waals surface area (Å²) in [7, 11) is 0. The lowest BCUT2D eigenvalue weighted by molar-refractivity contribution is -0.153. The van der Waals surface area contributed by atoms with E-state index in [1.165, 1.54) is 12.3 Å². The number of benzene rings is 1. The largest absolute Gasteiger partial charge is 0.478 e. The molecule has 0 saturated carbocycles. The molecule has 0 fully saturated rings. The molecule has 0 aromatic heterocycles. The van der Waals surface area contributed by atoms with Gasteiger partial charge in [0.05, 0.1) is 0 Å². The van der Waals surface area contributed by atoms with E-state index in [0.29, 0.717) is 0 Å². The summed E-state index contributed by atoms with van der Waals surface area (Å²) in [6.07, 6.45) is 4.72. The van der Waals surface area contributed by atoms with Crippen LogP contribution in [-0.2, 0) is 16.0 Å². The summed E-state index contributed by atoms with van der Waals surface area (Å²) >= 11 is 0. The lowest BCUT2D eigenvalue weighted by Crippen LogP contribution is -2.42. The number of hydrogen-bond donors (Lipinski definition) is 1. The standard InChI is InChI=1S/C12H9NO3/c13-8-16-12(11(14)15)6-5-9-3-1-2-4-10(9)7-12/h1-6H,7H2,(H,14,15). The number of carboxylic acid groups (broad SMARTS) is 1. The van der Waals surface area contributed by atoms with Crippen molar-refractivity contribution in [2.75, 3.05) is 0 Å². The molecule has 1 aliphatic carbocycles. The van der Waals surface area contributed by atoms with Crippen LogP contribution in [0.5, 0.6) is 0 Å². The monoisotopic (exact) mass is 215 g/mol. The van der Waals surface area contributed by atoms with Crippen molar-refractivity contribution in [3.05, 3.63) is 41.5 Å². The summed E-state index contributed by atoms with van der Waals surface area (Å²) in [5.74, 6) is -1.15. The Bertz CT molecular complexity index is 501. The number of aliphatic carboxylic acids is 1. The lowest BCUT2D eigenvalue weighted by atomic mass is 9.86. The number of nitriles is 1. The van der Waals surface area contributed by atoms with Gasteiger partial charge in [0.15, 0.2) is 0 Å². The Labute approximate surface area is 92.4 Å². The first-order valence-electron chi connectivity index (χ1n) is 4.75. The summed E-state index contributed by atoms with van der Waals surface area (Å²) < 4.78 is 4.71. The highest BCUT2D eigenvalue weighted by molar-refractivity contribution is 5.84. The van der Waals surface area contributed by atoms with Crippen molar-refractivity contribution in [3.8, 4) is 6.26 Å². The minimum atomic E-state index is -1.55. The van der Waals surface area contributed by atoms with Crippen molar-refractivity contribution in [3.63, 3.8) is 0 Å². The van der Waals surface area contributed by atoms with E-state index in [-0.39, 0.29) is 6.42 Å². The van der Waals surface area contributed by atoms with E-state index >= 15 is 0 Å². The molecular formula is C12H9NO3. The van der Waals surface area contributed by atoms with Gasteiger partial charge in [-0.25, -0.2) is 4.79 Å². The van der Waals surface area contributed by atoms with Crippen molar-refractivity contribution in [1.82, 2.24) is 0 Å². The molecule has 1 aromatic carbocycles. The first-order chi connectivity index (χ1) is 7.68. The molecule has 4 nitrogen and oxygen atoms in total. The second-order valence-electron chi connectivity index (χ2n) is 3.60. The highest BCUT2D eigenvalue weighted by Crippen LogP contribution is 2.28. The molecule has 1 atom stereocenters. The van der Waals surface area contributed by atoms with Crippen LogP contribution in [0.1, 0.15) is 11.1 Å². The van der Waals surface area contributed by atoms with Gasteiger partial charge in [0, 0.05) is 6.42 Å². The minimum absolute atomic E-state index is 0.169. The topological polar surface area (TPSA) is 70.3 Å². The lowest BCUT2D eigenvalue weighted by Gasteiger charge is -2.26. The van der Waals surface area contributed by atoms with Gasteiger partial charge < -0.3 is 9.84 Å². The van der Waals surface area contributed by atoms with Gasteiger partial charge in [0.25, 0.3) is 6.26 Å². The van der Waals surface area contributed by atoms with E-state index in [9.17, 15) is 4.79 Å². The molecule has 0 aliphatic heterocycles. The van der Waals surface area contributed by atoms with Crippen LogP contribution in [0.4, 0.5) is 0 Å². The summed E-state index contributed by atoms with van der Waals surface area (Å²) in [4.78, 5) is 11.1. The second kappa shape index (κ2) is 3.70. The smallest absolute Gasteiger partial charge is 0.353 e. The minimum Gasteiger partial charge on any atom is -0.478 e. The fraction of sp³-hybridized carbons (Fsp3) is 0.167. The van der Waals surface area contributed by atoms with Crippen LogP contribution in [0.15, 0.2) is 30.3 Å². The number of hydrogen-bond acceptors (Lipinski definition) is 3. The van der Waals surface area contributed by atoms with E-state index in [2.05, 4.69) is 0 Å². The molecule has 0 amide bonds. The third-order valence-corrected chi connectivity index (χ3v) is 2.63. The van der Waals surface area contributed by atoms with Crippen LogP contribution in [0.3, 0.4) is 0 Å². The zero-order valence-electron chi connectivity index (χ0n) is 8.38. The average Bonchev–Trinajstić information content (AvgIpc) is 2.29. The zero-order chi connectivity index (χ0) is 11.6. The van der Waals surface area contributed by atoms with Crippen LogP contribution in [0.25, 0.3) is 6.08 Å². The fourth-order valence-corrected chi connectivity index (χ4v) is 1.77. The van der Waals surface area contributed by atoms with Crippen molar-refractivity contribution in [2.45, 2.75) is 12.0 Å². The predicted octanol–water partition coefficient (Wildman–Crippen LogP) is 1.58. The average molecular weight is 215 g/mol. The second-order valence-corrected chi connectivity index (χ2v) is 3.60. The molecule has 0 saturated heterocycles. The van der Waals surface area contributed by atoms with E-state index < -0.39 is 11.6 Å². The fourth-order valence-electron chi connectivity index (χ4n) is 1.77. The number of carboxylic acids is 1. The highest BCUT2D eigenvalue weighted by atomic mass is 16.5. The molecule has 0 spiro atoms. The summed E-state index contributed by atoms with van der Waals surface area (Å²) in [6, 6.07) is 7.43. The Morgan fingerprint density at radius 3 is 2.94 bits per heavy atom. The maximum absolute atomic E-state index is 11.1. The molecule has 0 heterocycles. The third-order valence-electron chi connectivity index (χ3n) is 2.63. The van der Waals surface area contributed by atoms with Crippen LogP contribution >= 0.6 is 0 Å². The molecule has 0 radical (unpaired) electrons. The summed E-state index contributed by atoms with van der Waals surface area (Å²) in [5.41, 5.74) is 0.270. The molecular weight excluding hydrogens is 206 g/mol. The zero-order valence-corrected chi connectivity index (χ0v) is 8.38. The Balaban J connectivity index is 2.44. The van der Waals surface area contributed by atoms with Gasteiger partial charge in [-0.15, -0.1) is 0 Å². The van der Waals surface area contributed by atoms with Crippen molar-refractivity contribution >= 4 is 12.0 Å². The molecule has 1 aromatic rings. The van der Waals surface area contributed by atoms with Gasteiger partial charge in [0.1, 0.15) is 0 Å². The van der Waals surface area contributed by atoms with Gasteiger partial charge in [-0.2, -0.15) is 5.26 Å².